The van der Waals surface area contributed by atoms with Crippen molar-refractivity contribution in [3.63, 3.8) is 0 Å². The van der Waals surface area contributed by atoms with Gasteiger partial charge in [0, 0.05) is 22.7 Å². The van der Waals surface area contributed by atoms with Crippen LogP contribution in [-0.2, 0) is 31.8 Å². The van der Waals surface area contributed by atoms with Gasteiger partial charge in [-0.3, -0.25) is 23.4 Å². The smallest absolute Gasteiger partial charge is 0.320 e. The zero-order valence-corrected chi connectivity index (χ0v) is 29.9. The van der Waals surface area contributed by atoms with Crippen molar-refractivity contribution in [3.8, 4) is 0 Å². The van der Waals surface area contributed by atoms with Crippen molar-refractivity contribution >= 4 is 37.6 Å². The number of carbonyl (C=O) groups is 2. The van der Waals surface area contributed by atoms with E-state index in [0.29, 0.717) is 12.8 Å². The molecule has 14 nitrogen and oxygen atoms in total. The molecule has 2 aromatic rings. The first kappa shape index (κ1) is 39.9. The summed E-state index contributed by atoms with van der Waals surface area (Å²) in [6.45, 7) is 23.8. The van der Waals surface area contributed by atoms with E-state index < -0.39 is 26.0 Å². The Morgan fingerprint density at radius 3 is 1.50 bits per heavy atom. The van der Waals surface area contributed by atoms with Crippen molar-refractivity contribution < 1.29 is 38.3 Å². The molecule has 0 radical (unpaired) electrons. The highest BCUT2D eigenvalue weighted by atomic mass is 31.2. The van der Waals surface area contributed by atoms with Gasteiger partial charge in [0.1, 0.15) is 11.6 Å². The van der Waals surface area contributed by atoms with E-state index in [-0.39, 0.29) is 58.2 Å². The minimum absolute atomic E-state index is 0.0434. The standard InChI is InChI=1S/2C14H26N3O4P/c1-13(2,3)7-10(12(18)14(4,5)6)9-17-11(8-15-16-17)22(19,20)21;1-13(2,3)7-10(12(18)14(4,5)6)8-17-9-11(15-16-17)22(19,20)21/h8,10H,7,9H2,1-6H3,(H2,19,20,21);9-10H,7-8H2,1-6H3,(H2,19,20,21)/t2*10-/m00/s1. The van der Waals surface area contributed by atoms with Crippen LogP contribution in [0.25, 0.3) is 0 Å². The van der Waals surface area contributed by atoms with Crippen LogP contribution in [-0.4, -0.2) is 61.1 Å². The largest absolute Gasteiger partial charge is 0.377 e. The average Bonchev–Trinajstić information content (AvgIpc) is 3.44. The lowest BCUT2D eigenvalue weighted by atomic mass is 9.75. The highest BCUT2D eigenvalue weighted by Crippen LogP contribution is 2.35. The van der Waals surface area contributed by atoms with Gasteiger partial charge in [-0.1, -0.05) is 93.5 Å². The fourth-order valence-corrected chi connectivity index (χ4v) is 5.80. The quantitative estimate of drug-likeness (QED) is 0.269. The zero-order valence-electron chi connectivity index (χ0n) is 28.1. The van der Waals surface area contributed by atoms with E-state index in [2.05, 4.69) is 41.4 Å². The van der Waals surface area contributed by atoms with Gasteiger partial charge in [-0.15, -0.1) is 10.2 Å². The number of hydrogen-bond donors (Lipinski definition) is 4. The van der Waals surface area contributed by atoms with Crippen LogP contribution in [0.3, 0.4) is 0 Å². The molecule has 0 spiro atoms. The first-order valence-corrected chi connectivity index (χ1v) is 17.6. The van der Waals surface area contributed by atoms with E-state index in [0.717, 1.165) is 10.9 Å². The van der Waals surface area contributed by atoms with Crippen LogP contribution >= 0.6 is 15.2 Å². The molecule has 0 aliphatic heterocycles. The maximum Gasteiger partial charge on any atom is 0.377 e. The van der Waals surface area contributed by atoms with Gasteiger partial charge < -0.3 is 19.6 Å². The number of hydrogen-bond acceptors (Lipinski definition) is 8. The van der Waals surface area contributed by atoms with Gasteiger partial charge in [-0.2, -0.15) is 0 Å². The fourth-order valence-electron chi connectivity index (χ4n) is 4.74. The second-order valence-corrected chi connectivity index (χ2v) is 18.9. The molecule has 0 aromatic carbocycles. The van der Waals surface area contributed by atoms with Gasteiger partial charge in [0.15, 0.2) is 10.9 Å². The number of ketones is 2. The number of Topliss-reactive ketones (excluding diaryl/α,β-unsaturated/α-hetero) is 2. The van der Waals surface area contributed by atoms with Gasteiger partial charge in [0.05, 0.1) is 25.5 Å². The minimum Gasteiger partial charge on any atom is -0.320 e. The minimum atomic E-state index is -4.46. The molecule has 252 valence electrons. The fraction of sp³-hybridized carbons (Fsp3) is 0.786. The van der Waals surface area contributed by atoms with Crippen LogP contribution in [0.2, 0.25) is 0 Å². The molecule has 0 aliphatic carbocycles. The molecule has 0 saturated heterocycles. The van der Waals surface area contributed by atoms with Crippen molar-refractivity contribution in [3.05, 3.63) is 12.4 Å². The van der Waals surface area contributed by atoms with Gasteiger partial charge in [0.2, 0.25) is 0 Å². The van der Waals surface area contributed by atoms with Gasteiger partial charge >= 0.3 is 15.2 Å². The Labute approximate surface area is 260 Å². The topological polar surface area (TPSA) is 211 Å². The molecule has 44 heavy (non-hydrogen) atoms. The monoisotopic (exact) mass is 662 g/mol. The summed E-state index contributed by atoms with van der Waals surface area (Å²) in [5, 5.41) is 14.5. The molecule has 0 fully saturated rings. The van der Waals surface area contributed by atoms with Crippen LogP contribution < -0.4 is 10.9 Å². The summed E-state index contributed by atoms with van der Waals surface area (Å²) in [4.78, 5) is 62.1. The van der Waals surface area contributed by atoms with E-state index in [9.17, 15) is 28.5 Å². The molecular weight excluding hydrogens is 610 g/mol. The van der Waals surface area contributed by atoms with Crippen LogP contribution in [0.5, 0.6) is 0 Å². The van der Waals surface area contributed by atoms with Gasteiger partial charge in [0.25, 0.3) is 0 Å². The summed E-state index contributed by atoms with van der Waals surface area (Å²) >= 11 is 0. The van der Waals surface area contributed by atoms with E-state index in [1.54, 1.807) is 0 Å². The van der Waals surface area contributed by atoms with Gasteiger partial charge in [-0.25, -0.2) is 4.68 Å². The van der Waals surface area contributed by atoms with E-state index >= 15 is 0 Å². The molecule has 0 unspecified atom stereocenters. The first-order chi connectivity index (χ1) is 19.4. The maximum atomic E-state index is 12.7. The molecule has 2 rings (SSSR count). The Hall–Kier alpha value is -2.08. The van der Waals surface area contributed by atoms with Crippen molar-refractivity contribution in [2.24, 2.45) is 33.5 Å². The van der Waals surface area contributed by atoms with Crippen molar-refractivity contribution in [1.82, 2.24) is 30.0 Å². The molecule has 0 bridgehead atoms. The highest BCUT2D eigenvalue weighted by Gasteiger charge is 2.35. The summed E-state index contributed by atoms with van der Waals surface area (Å²) in [5.41, 5.74) is -1.77. The molecule has 0 aliphatic rings. The molecule has 0 amide bonds. The molecule has 0 saturated carbocycles. The van der Waals surface area contributed by atoms with Crippen LogP contribution in [0.15, 0.2) is 12.4 Å². The van der Waals surface area contributed by atoms with Crippen molar-refractivity contribution in [1.29, 1.82) is 0 Å². The number of nitrogens with zero attached hydrogens (tertiary/aromatic N) is 6. The number of carbonyl (C=O) groups excluding carboxylic acids is 2. The lowest BCUT2D eigenvalue weighted by Crippen LogP contribution is -2.36. The van der Waals surface area contributed by atoms with Gasteiger partial charge in [-0.05, 0) is 23.7 Å². The Morgan fingerprint density at radius 2 is 1.16 bits per heavy atom. The summed E-state index contributed by atoms with van der Waals surface area (Å²) < 4.78 is 25.1. The summed E-state index contributed by atoms with van der Waals surface area (Å²) in [7, 11) is -8.88. The molecule has 16 heteroatoms. The van der Waals surface area contributed by atoms with Crippen LogP contribution in [0.4, 0.5) is 0 Å². The maximum absolute atomic E-state index is 12.7. The Bertz CT molecular complexity index is 1360. The average molecular weight is 663 g/mol. The molecule has 4 N–H and O–H groups in total. The number of rotatable bonds is 10. The summed E-state index contributed by atoms with van der Waals surface area (Å²) in [5.74, 6) is -0.511. The second-order valence-electron chi connectivity index (χ2n) is 15.8. The highest BCUT2D eigenvalue weighted by molar-refractivity contribution is 7.60. The third-order valence-corrected chi connectivity index (χ3v) is 8.20. The first-order valence-electron chi connectivity index (χ1n) is 14.4. The predicted octanol–water partition coefficient (Wildman–Crippen LogP) is 3.50. The Balaban J connectivity index is 0.000000440. The van der Waals surface area contributed by atoms with E-state index in [4.69, 9.17) is 9.79 Å². The molecule has 2 aromatic heterocycles. The third kappa shape index (κ3) is 13.5. The lowest BCUT2D eigenvalue weighted by Gasteiger charge is -2.30. The SMILES string of the molecule is CC(C)(C)C[C@@H](Cn1cc(P(=O)(O)O)nn1)C(=O)C(C)(C)C.CC(C)(C)C[C@@H](Cn1nncc1P(=O)(O)O)C(=O)C(C)(C)C. The van der Waals surface area contributed by atoms with E-state index in [1.165, 1.54) is 10.9 Å². The molecule has 2 atom stereocenters. The molecule has 2 heterocycles. The lowest BCUT2D eigenvalue weighted by molar-refractivity contribution is -0.132. The van der Waals surface area contributed by atoms with Crippen molar-refractivity contribution in [2.45, 2.75) is 109 Å². The Morgan fingerprint density at radius 1 is 0.727 bits per heavy atom. The zero-order chi connectivity index (χ0) is 34.7. The normalized spacial score (nSPS) is 14.9. The van der Waals surface area contributed by atoms with Crippen LogP contribution in [0.1, 0.15) is 95.9 Å². The predicted molar refractivity (Wildman–Crippen MR) is 167 cm³/mol. The molecular formula is C28H52N6O8P2. The number of aromatic nitrogens is 6. The van der Waals surface area contributed by atoms with Crippen LogP contribution in [0, 0.1) is 33.5 Å². The second kappa shape index (κ2) is 14.1. The summed E-state index contributed by atoms with van der Waals surface area (Å²) in [6.07, 6.45) is 3.53. The summed E-state index contributed by atoms with van der Waals surface area (Å²) in [6, 6.07) is 0. The van der Waals surface area contributed by atoms with Crippen molar-refractivity contribution in [2.75, 3.05) is 0 Å². The third-order valence-electron chi connectivity index (χ3n) is 6.46. The van der Waals surface area contributed by atoms with E-state index in [1.807, 2.05) is 62.3 Å². The Kier molecular flexibility index (Phi) is 12.8.